The number of aromatic nitrogens is 3. The third-order valence-electron chi connectivity index (χ3n) is 5.95. The zero-order valence-electron chi connectivity index (χ0n) is 19.5. The van der Waals surface area contributed by atoms with E-state index in [2.05, 4.69) is 9.97 Å². The Balaban J connectivity index is 1.36. The van der Waals surface area contributed by atoms with Crippen LogP contribution in [-0.4, -0.2) is 52.4 Å². The van der Waals surface area contributed by atoms with Gasteiger partial charge in [-0.1, -0.05) is 23.2 Å². The van der Waals surface area contributed by atoms with Crippen LogP contribution in [0.4, 0.5) is 0 Å². The molecule has 11 heteroatoms. The lowest BCUT2D eigenvalue weighted by Gasteiger charge is -2.19. The Kier molecular flexibility index (Phi) is 7.27. The highest BCUT2D eigenvalue weighted by Crippen LogP contribution is 2.35. The molecule has 0 amide bonds. The second-order valence-corrected chi connectivity index (χ2v) is 9.14. The smallest absolute Gasteiger partial charge is 0.338 e. The fourth-order valence-electron chi connectivity index (χ4n) is 4.11. The molecule has 2 aromatic carbocycles. The van der Waals surface area contributed by atoms with E-state index in [4.69, 9.17) is 42.1 Å². The second-order valence-electron chi connectivity index (χ2n) is 8.26. The zero-order chi connectivity index (χ0) is 25.9. The maximum absolute atomic E-state index is 12.9. The van der Waals surface area contributed by atoms with Gasteiger partial charge >= 0.3 is 11.9 Å². The van der Waals surface area contributed by atoms with Crippen LogP contribution >= 0.6 is 23.2 Å². The van der Waals surface area contributed by atoms with Gasteiger partial charge in [0, 0.05) is 22.7 Å². The summed E-state index contributed by atoms with van der Waals surface area (Å²) >= 11 is 11.8. The van der Waals surface area contributed by atoms with E-state index in [1.807, 2.05) is 10.6 Å². The molecule has 0 bridgehead atoms. The number of methoxy groups -OCH3 is 1. The number of halogens is 2. The van der Waals surface area contributed by atoms with Gasteiger partial charge in [0.05, 0.1) is 23.6 Å². The SMILES string of the molecule is COc1ncnc2c1ccn2[C@H]1CC(OC(=O)c2ccc(Cl)cc2)[C@@H](COC(=O)c2ccc(Cl)cc2)O1. The number of benzene rings is 2. The number of rotatable bonds is 7. The lowest BCUT2D eigenvalue weighted by molar-refractivity contribution is -0.0562. The van der Waals surface area contributed by atoms with E-state index < -0.39 is 30.4 Å². The summed E-state index contributed by atoms with van der Waals surface area (Å²) in [6.07, 6.45) is 1.53. The molecule has 0 radical (unpaired) electrons. The first-order chi connectivity index (χ1) is 17.9. The van der Waals surface area contributed by atoms with Crippen LogP contribution in [0.3, 0.4) is 0 Å². The van der Waals surface area contributed by atoms with Crippen LogP contribution in [0.25, 0.3) is 11.0 Å². The first-order valence-electron chi connectivity index (χ1n) is 11.3. The van der Waals surface area contributed by atoms with E-state index in [0.29, 0.717) is 44.5 Å². The predicted molar refractivity (Wildman–Crippen MR) is 135 cm³/mol. The monoisotopic (exact) mass is 541 g/mol. The van der Waals surface area contributed by atoms with Crippen molar-refractivity contribution in [3.8, 4) is 5.88 Å². The Bertz CT molecular complexity index is 1420. The number of ether oxygens (including phenoxy) is 4. The van der Waals surface area contributed by atoms with Crippen molar-refractivity contribution in [2.24, 2.45) is 0 Å². The van der Waals surface area contributed by atoms with Crippen molar-refractivity contribution in [2.75, 3.05) is 13.7 Å². The molecule has 2 aromatic heterocycles. The molecule has 0 N–H and O–H groups in total. The van der Waals surface area contributed by atoms with Crippen molar-refractivity contribution >= 4 is 46.2 Å². The van der Waals surface area contributed by atoms with Crippen LogP contribution in [0.5, 0.6) is 5.88 Å². The van der Waals surface area contributed by atoms with Crippen LogP contribution in [0.15, 0.2) is 67.1 Å². The number of esters is 2. The molecule has 3 atom stereocenters. The number of carbonyl (C=O) groups excluding carboxylic acids is 2. The Morgan fingerprint density at radius 2 is 1.62 bits per heavy atom. The summed E-state index contributed by atoms with van der Waals surface area (Å²) in [4.78, 5) is 33.9. The topological polar surface area (TPSA) is 102 Å². The Labute approximate surface area is 221 Å². The number of hydrogen-bond donors (Lipinski definition) is 0. The third-order valence-corrected chi connectivity index (χ3v) is 6.46. The summed E-state index contributed by atoms with van der Waals surface area (Å²) < 4.78 is 24.7. The summed E-state index contributed by atoms with van der Waals surface area (Å²) in [5.74, 6) is -0.655. The van der Waals surface area contributed by atoms with Gasteiger partial charge in [0.1, 0.15) is 37.0 Å². The van der Waals surface area contributed by atoms with Crippen LogP contribution in [-0.2, 0) is 14.2 Å². The fraction of sp³-hybridized carbons (Fsp3) is 0.231. The summed E-state index contributed by atoms with van der Waals surface area (Å²) in [6.45, 7) is -0.131. The first kappa shape index (κ1) is 25.0. The van der Waals surface area contributed by atoms with E-state index >= 15 is 0 Å². The summed E-state index contributed by atoms with van der Waals surface area (Å²) in [5, 5.41) is 1.72. The molecule has 1 aliphatic heterocycles. The quantitative estimate of drug-likeness (QED) is 0.297. The van der Waals surface area contributed by atoms with E-state index in [0.717, 1.165) is 0 Å². The van der Waals surface area contributed by atoms with Gasteiger partial charge in [-0.2, -0.15) is 0 Å². The minimum atomic E-state index is -0.723. The van der Waals surface area contributed by atoms with Gasteiger partial charge < -0.3 is 23.5 Å². The molecule has 37 heavy (non-hydrogen) atoms. The van der Waals surface area contributed by atoms with E-state index in [9.17, 15) is 9.59 Å². The van der Waals surface area contributed by atoms with Crippen LogP contribution in [0.2, 0.25) is 10.0 Å². The normalized spacial score (nSPS) is 19.1. The van der Waals surface area contributed by atoms with E-state index in [1.165, 1.54) is 13.4 Å². The minimum absolute atomic E-state index is 0.131. The number of fused-ring (bicyclic) bond motifs is 1. The maximum atomic E-state index is 12.9. The number of nitrogens with zero attached hydrogens (tertiary/aromatic N) is 3. The van der Waals surface area contributed by atoms with Gasteiger partial charge in [-0.15, -0.1) is 0 Å². The van der Waals surface area contributed by atoms with E-state index in [1.54, 1.807) is 54.7 Å². The van der Waals surface area contributed by atoms with Gasteiger partial charge in [0.2, 0.25) is 5.88 Å². The molecule has 0 spiro atoms. The molecule has 5 rings (SSSR count). The molecule has 1 unspecified atom stereocenters. The standard InChI is InChI=1S/C26H21Cl2N3O6/c1-34-24-19-10-11-31(23(19)29-14-30-24)22-12-20(37-26(33)16-4-8-18(28)9-5-16)21(36-22)13-35-25(32)15-2-6-17(27)7-3-15/h2-11,14,20-22H,12-13H2,1H3/t20?,21-,22-/m1/s1. The molecule has 9 nitrogen and oxygen atoms in total. The predicted octanol–water partition coefficient (Wildman–Crippen LogP) is 5.12. The number of carbonyl (C=O) groups is 2. The molecular formula is C26H21Cl2N3O6. The molecule has 1 saturated heterocycles. The van der Waals surface area contributed by atoms with Gasteiger partial charge in [0.15, 0.2) is 0 Å². The maximum Gasteiger partial charge on any atom is 0.338 e. The summed E-state index contributed by atoms with van der Waals surface area (Å²) in [6, 6.07) is 14.5. The van der Waals surface area contributed by atoms with E-state index in [-0.39, 0.29) is 6.61 Å². The lowest BCUT2D eigenvalue weighted by Crippen LogP contribution is -2.32. The van der Waals surface area contributed by atoms with Gasteiger partial charge in [-0.3, -0.25) is 0 Å². The average Bonchev–Trinajstić information content (AvgIpc) is 3.52. The average molecular weight is 542 g/mol. The molecule has 0 aliphatic carbocycles. The van der Waals surface area contributed by atoms with Crippen molar-refractivity contribution in [1.82, 2.24) is 14.5 Å². The highest BCUT2D eigenvalue weighted by atomic mass is 35.5. The van der Waals surface area contributed by atoms with Crippen molar-refractivity contribution in [3.63, 3.8) is 0 Å². The first-order valence-corrected chi connectivity index (χ1v) is 12.1. The Morgan fingerprint density at radius 3 is 2.27 bits per heavy atom. The molecule has 3 heterocycles. The fourth-order valence-corrected chi connectivity index (χ4v) is 4.36. The lowest BCUT2D eigenvalue weighted by atomic mass is 10.1. The highest BCUT2D eigenvalue weighted by molar-refractivity contribution is 6.31. The molecule has 1 aliphatic rings. The molecule has 190 valence electrons. The van der Waals surface area contributed by atoms with Crippen molar-refractivity contribution in [1.29, 1.82) is 0 Å². The Morgan fingerprint density at radius 1 is 0.973 bits per heavy atom. The minimum Gasteiger partial charge on any atom is -0.480 e. The second kappa shape index (κ2) is 10.8. The molecule has 0 saturated carbocycles. The van der Waals surface area contributed by atoms with Crippen molar-refractivity contribution in [2.45, 2.75) is 24.9 Å². The van der Waals surface area contributed by atoms with Crippen LogP contribution in [0.1, 0.15) is 33.4 Å². The highest BCUT2D eigenvalue weighted by Gasteiger charge is 2.40. The molecule has 1 fully saturated rings. The zero-order valence-corrected chi connectivity index (χ0v) is 21.1. The van der Waals surface area contributed by atoms with Crippen molar-refractivity contribution in [3.05, 3.63) is 88.3 Å². The molecule has 4 aromatic rings. The number of hydrogen-bond acceptors (Lipinski definition) is 8. The van der Waals surface area contributed by atoms with Crippen LogP contribution < -0.4 is 4.74 Å². The van der Waals surface area contributed by atoms with Crippen molar-refractivity contribution < 1.29 is 28.5 Å². The Hall–Kier alpha value is -3.66. The third kappa shape index (κ3) is 5.39. The van der Waals surface area contributed by atoms with Gasteiger partial charge in [-0.05, 0) is 54.6 Å². The van der Waals surface area contributed by atoms with Crippen LogP contribution in [0, 0.1) is 0 Å². The van der Waals surface area contributed by atoms with Gasteiger partial charge in [-0.25, -0.2) is 19.6 Å². The van der Waals surface area contributed by atoms with Gasteiger partial charge in [0.25, 0.3) is 0 Å². The summed E-state index contributed by atoms with van der Waals surface area (Å²) in [7, 11) is 1.53. The largest absolute Gasteiger partial charge is 0.480 e. The molecular weight excluding hydrogens is 521 g/mol. The summed E-state index contributed by atoms with van der Waals surface area (Å²) in [5.41, 5.74) is 1.28.